The Bertz CT molecular complexity index is 1280. The second-order valence-electron chi connectivity index (χ2n) is 7.17. The lowest BCUT2D eigenvalue weighted by Gasteiger charge is -2.15. The molecule has 0 aliphatic carbocycles. The number of sulfonamides is 1. The summed E-state index contributed by atoms with van der Waals surface area (Å²) in [5.74, 6) is -3.35. The van der Waals surface area contributed by atoms with Gasteiger partial charge >= 0.3 is 6.18 Å². The first kappa shape index (κ1) is 24.2. The van der Waals surface area contributed by atoms with E-state index >= 15 is 0 Å². The van der Waals surface area contributed by atoms with Crippen molar-refractivity contribution >= 4 is 21.6 Å². The molecule has 2 aromatic carbocycles. The van der Waals surface area contributed by atoms with Crippen LogP contribution >= 0.6 is 0 Å². The molecule has 1 aromatic heterocycles. The smallest absolute Gasteiger partial charge is 0.416 e. The second-order valence-corrected chi connectivity index (χ2v) is 8.92. The van der Waals surface area contributed by atoms with Crippen LogP contribution in [0.15, 0.2) is 52.9 Å². The van der Waals surface area contributed by atoms with Crippen molar-refractivity contribution in [3.63, 3.8) is 0 Å². The number of benzene rings is 2. The van der Waals surface area contributed by atoms with Crippen molar-refractivity contribution in [3.8, 4) is 11.3 Å². The van der Waals surface area contributed by atoms with E-state index in [-0.39, 0.29) is 22.6 Å². The standard InChI is InChI=1S/C21H17F5N2O4S/c1-11(13-9-15(22)19(16(23)10-13)28-33(2,30)31)27-20(29)18-7-6-17(32-18)12-4-3-5-14(8-12)21(24,25)26/h3-11,28H,1-2H3,(H,27,29)/t11-/m1/s1. The molecule has 176 valence electrons. The Labute approximate surface area is 185 Å². The molecular formula is C21H17F5N2O4S. The highest BCUT2D eigenvalue weighted by Crippen LogP contribution is 2.33. The maximum absolute atomic E-state index is 14.2. The van der Waals surface area contributed by atoms with Gasteiger partial charge < -0.3 is 9.73 Å². The van der Waals surface area contributed by atoms with E-state index in [4.69, 9.17) is 4.42 Å². The minimum absolute atomic E-state index is 0.00191. The Balaban J connectivity index is 1.77. The van der Waals surface area contributed by atoms with E-state index < -0.39 is 51.0 Å². The van der Waals surface area contributed by atoms with E-state index in [2.05, 4.69) is 5.32 Å². The molecule has 3 aromatic rings. The summed E-state index contributed by atoms with van der Waals surface area (Å²) in [6.45, 7) is 1.42. The summed E-state index contributed by atoms with van der Waals surface area (Å²) < 4.78 is 96.6. The second kappa shape index (κ2) is 8.85. The van der Waals surface area contributed by atoms with E-state index in [0.29, 0.717) is 0 Å². The number of furan rings is 1. The van der Waals surface area contributed by atoms with Crippen LogP contribution in [0.5, 0.6) is 0 Å². The van der Waals surface area contributed by atoms with Gasteiger partial charge in [-0.3, -0.25) is 9.52 Å². The Morgan fingerprint density at radius 3 is 2.24 bits per heavy atom. The van der Waals surface area contributed by atoms with Crippen LogP contribution in [-0.2, 0) is 16.2 Å². The fourth-order valence-electron chi connectivity index (χ4n) is 2.94. The summed E-state index contributed by atoms with van der Waals surface area (Å²) in [7, 11) is -3.92. The van der Waals surface area contributed by atoms with Crippen LogP contribution in [0, 0.1) is 11.6 Å². The molecule has 1 heterocycles. The predicted octanol–water partition coefficient (Wildman–Crippen LogP) is 5.11. The van der Waals surface area contributed by atoms with Crippen LogP contribution in [-0.4, -0.2) is 20.6 Å². The van der Waals surface area contributed by atoms with Gasteiger partial charge in [-0.2, -0.15) is 13.2 Å². The summed E-state index contributed by atoms with van der Waals surface area (Å²) in [4.78, 5) is 12.5. The quantitative estimate of drug-likeness (QED) is 0.473. The van der Waals surface area contributed by atoms with E-state index in [9.17, 15) is 35.2 Å². The SMILES string of the molecule is C[C@@H](NC(=O)c1ccc(-c2cccc(C(F)(F)F)c2)o1)c1cc(F)c(NS(C)(=O)=O)c(F)c1. The molecule has 0 aliphatic heterocycles. The zero-order chi connectivity index (χ0) is 24.6. The van der Waals surface area contributed by atoms with Gasteiger partial charge in [0.05, 0.1) is 17.9 Å². The molecule has 0 fully saturated rings. The third-order valence-corrected chi connectivity index (χ3v) is 5.08. The number of amides is 1. The van der Waals surface area contributed by atoms with Gasteiger partial charge in [0.2, 0.25) is 10.0 Å². The molecule has 1 amide bonds. The largest absolute Gasteiger partial charge is 0.451 e. The number of rotatable bonds is 6. The highest BCUT2D eigenvalue weighted by Gasteiger charge is 2.30. The van der Waals surface area contributed by atoms with E-state index in [1.54, 1.807) is 4.72 Å². The Hall–Kier alpha value is -3.41. The third kappa shape index (κ3) is 5.89. The number of carbonyl (C=O) groups is 1. The number of hydrogen-bond acceptors (Lipinski definition) is 4. The number of anilines is 1. The highest BCUT2D eigenvalue weighted by molar-refractivity contribution is 7.92. The van der Waals surface area contributed by atoms with Crippen molar-refractivity contribution in [1.82, 2.24) is 5.32 Å². The number of nitrogens with one attached hydrogen (secondary N) is 2. The van der Waals surface area contributed by atoms with E-state index in [1.165, 1.54) is 31.2 Å². The molecule has 6 nitrogen and oxygen atoms in total. The first-order chi connectivity index (χ1) is 15.2. The molecule has 0 saturated heterocycles. The molecule has 0 bridgehead atoms. The van der Waals surface area contributed by atoms with Crippen molar-refractivity contribution < 1.29 is 39.6 Å². The van der Waals surface area contributed by atoms with Crippen molar-refractivity contribution in [2.24, 2.45) is 0 Å². The lowest BCUT2D eigenvalue weighted by atomic mass is 10.1. The molecule has 0 radical (unpaired) electrons. The minimum Gasteiger partial charge on any atom is -0.451 e. The summed E-state index contributed by atoms with van der Waals surface area (Å²) in [6, 6.07) is 7.73. The van der Waals surface area contributed by atoms with Gasteiger partial charge in [0.1, 0.15) is 11.4 Å². The van der Waals surface area contributed by atoms with E-state index in [0.717, 1.165) is 30.5 Å². The third-order valence-electron chi connectivity index (χ3n) is 4.50. The number of carbonyl (C=O) groups excluding carboxylic acids is 1. The maximum Gasteiger partial charge on any atom is 0.416 e. The molecule has 33 heavy (non-hydrogen) atoms. The molecule has 0 spiro atoms. The number of halogens is 5. The monoisotopic (exact) mass is 488 g/mol. The summed E-state index contributed by atoms with van der Waals surface area (Å²) >= 11 is 0. The first-order valence-electron chi connectivity index (χ1n) is 9.29. The summed E-state index contributed by atoms with van der Waals surface area (Å²) in [5.41, 5.74) is -1.62. The minimum atomic E-state index is -4.55. The van der Waals surface area contributed by atoms with Gasteiger partial charge in [-0.1, -0.05) is 12.1 Å². The average Bonchev–Trinajstić information content (AvgIpc) is 3.20. The van der Waals surface area contributed by atoms with Crippen molar-refractivity contribution in [3.05, 3.63) is 77.1 Å². The number of hydrogen-bond donors (Lipinski definition) is 2. The fourth-order valence-corrected chi connectivity index (χ4v) is 3.51. The average molecular weight is 488 g/mol. The zero-order valence-electron chi connectivity index (χ0n) is 17.1. The lowest BCUT2D eigenvalue weighted by molar-refractivity contribution is -0.137. The van der Waals surface area contributed by atoms with Crippen LogP contribution in [0.3, 0.4) is 0 Å². The fraction of sp³-hybridized carbons (Fsp3) is 0.190. The maximum atomic E-state index is 14.2. The highest BCUT2D eigenvalue weighted by atomic mass is 32.2. The molecule has 1 atom stereocenters. The van der Waals surface area contributed by atoms with Gasteiger partial charge in [0.15, 0.2) is 17.4 Å². The number of alkyl halides is 3. The van der Waals surface area contributed by atoms with Crippen LogP contribution in [0.25, 0.3) is 11.3 Å². The van der Waals surface area contributed by atoms with Crippen LogP contribution < -0.4 is 10.0 Å². The van der Waals surface area contributed by atoms with Crippen molar-refractivity contribution in [2.45, 2.75) is 19.1 Å². The zero-order valence-corrected chi connectivity index (χ0v) is 17.9. The molecule has 0 aliphatic rings. The molecule has 0 unspecified atom stereocenters. The molecule has 0 saturated carbocycles. The predicted molar refractivity (Wildman–Crippen MR) is 110 cm³/mol. The van der Waals surface area contributed by atoms with Crippen LogP contribution in [0.2, 0.25) is 0 Å². The van der Waals surface area contributed by atoms with Crippen molar-refractivity contribution in [1.29, 1.82) is 0 Å². The van der Waals surface area contributed by atoms with Gasteiger partial charge in [-0.25, -0.2) is 17.2 Å². The summed E-state index contributed by atoms with van der Waals surface area (Å²) in [6.07, 6.45) is -3.81. The van der Waals surface area contributed by atoms with E-state index in [1.807, 2.05) is 0 Å². The Kier molecular flexibility index (Phi) is 6.50. The molecule has 3 rings (SSSR count). The van der Waals surface area contributed by atoms with Crippen molar-refractivity contribution in [2.75, 3.05) is 11.0 Å². The Morgan fingerprint density at radius 1 is 1.03 bits per heavy atom. The van der Waals surface area contributed by atoms with Gasteiger partial charge in [-0.05, 0) is 48.9 Å². The molecule has 2 N–H and O–H groups in total. The normalized spacial score (nSPS) is 12.9. The molecular weight excluding hydrogens is 471 g/mol. The van der Waals surface area contributed by atoms with Crippen LogP contribution in [0.4, 0.5) is 27.6 Å². The Morgan fingerprint density at radius 2 is 1.67 bits per heavy atom. The topological polar surface area (TPSA) is 88.4 Å². The molecule has 12 heteroatoms. The van der Waals surface area contributed by atoms with Gasteiger partial charge in [0, 0.05) is 5.56 Å². The summed E-state index contributed by atoms with van der Waals surface area (Å²) in [5, 5.41) is 2.45. The van der Waals surface area contributed by atoms with Crippen LogP contribution in [0.1, 0.15) is 34.6 Å². The van der Waals surface area contributed by atoms with Gasteiger partial charge in [-0.15, -0.1) is 0 Å². The lowest BCUT2D eigenvalue weighted by Crippen LogP contribution is -2.26. The first-order valence-corrected chi connectivity index (χ1v) is 11.2. The van der Waals surface area contributed by atoms with Gasteiger partial charge in [0.25, 0.3) is 5.91 Å².